The Morgan fingerprint density at radius 1 is 0.850 bits per heavy atom. The highest BCUT2D eigenvalue weighted by Gasteiger charge is 2.33. The topological polar surface area (TPSA) is 55.3 Å². The van der Waals surface area contributed by atoms with E-state index in [2.05, 4.69) is 4.65 Å². The molecule has 0 atom stereocenters. The molecule has 0 heterocycles. The molecular formula is C13H8BF3O3-2. The van der Waals surface area contributed by atoms with Gasteiger partial charge in [0.2, 0.25) is 0 Å². The summed E-state index contributed by atoms with van der Waals surface area (Å²) in [5.41, 5.74) is -0.947. The van der Waals surface area contributed by atoms with Crippen LogP contribution >= 0.6 is 0 Å². The Labute approximate surface area is 113 Å². The van der Waals surface area contributed by atoms with E-state index in [9.17, 15) is 23.2 Å². The molecule has 0 unspecified atom stereocenters. The van der Waals surface area contributed by atoms with Crippen LogP contribution in [0.4, 0.5) is 13.2 Å². The second-order valence-corrected chi connectivity index (χ2v) is 3.95. The van der Waals surface area contributed by atoms with E-state index >= 15 is 0 Å². The first-order chi connectivity index (χ1) is 9.39. The third-order valence-corrected chi connectivity index (χ3v) is 2.63. The summed E-state index contributed by atoms with van der Waals surface area (Å²) < 4.78 is 43.4. The number of alkyl halides is 3. The Bertz CT molecular complexity index is 599. The molecule has 20 heavy (non-hydrogen) atoms. The van der Waals surface area contributed by atoms with Crippen LogP contribution in [0.1, 0.15) is 5.56 Å². The Morgan fingerprint density at radius 3 is 2.00 bits per heavy atom. The largest absolute Gasteiger partial charge is 0.860 e. The number of rotatable bonds is 3. The van der Waals surface area contributed by atoms with Crippen molar-refractivity contribution < 1.29 is 27.9 Å². The van der Waals surface area contributed by atoms with Gasteiger partial charge in [0.05, 0.1) is 5.56 Å². The molecule has 0 bridgehead atoms. The predicted octanol–water partition coefficient (Wildman–Crippen LogP) is 1.46. The quantitative estimate of drug-likeness (QED) is 0.800. The van der Waals surface area contributed by atoms with Gasteiger partial charge in [0.1, 0.15) is 13.1 Å². The van der Waals surface area contributed by atoms with Crippen LogP contribution in [0.2, 0.25) is 0 Å². The van der Waals surface area contributed by atoms with Gasteiger partial charge in [-0.05, 0) is 17.7 Å². The molecule has 2 rings (SSSR count). The lowest BCUT2D eigenvalue weighted by Crippen LogP contribution is -2.50. The Kier molecular flexibility index (Phi) is 4.01. The van der Waals surface area contributed by atoms with Crippen molar-refractivity contribution in [3.05, 3.63) is 54.1 Å². The summed E-state index contributed by atoms with van der Waals surface area (Å²) in [6.45, 7) is 0. The predicted molar refractivity (Wildman–Crippen MR) is 63.3 cm³/mol. The van der Waals surface area contributed by atoms with E-state index in [4.69, 9.17) is 0 Å². The van der Waals surface area contributed by atoms with Gasteiger partial charge in [-0.15, -0.1) is 0 Å². The molecule has 0 aliphatic heterocycles. The maximum Gasteiger partial charge on any atom is 0.417 e. The number of hydrogen-bond acceptors (Lipinski definition) is 3. The van der Waals surface area contributed by atoms with Crippen LogP contribution in [0.25, 0.3) is 11.1 Å². The number of benzene rings is 2. The summed E-state index contributed by atoms with van der Waals surface area (Å²) in [5.74, 6) is -0.167. The van der Waals surface area contributed by atoms with Crippen molar-refractivity contribution >= 4 is 7.32 Å². The van der Waals surface area contributed by atoms with Crippen LogP contribution in [0.5, 0.6) is 5.75 Å². The molecule has 104 valence electrons. The van der Waals surface area contributed by atoms with Crippen molar-refractivity contribution in [3.8, 4) is 16.9 Å². The summed E-state index contributed by atoms with van der Waals surface area (Å²) in [6, 6.07) is 10.5. The lowest BCUT2D eigenvalue weighted by molar-refractivity contribution is -0.372. The SMILES string of the molecule is [O-]B([O-])Oc1ccccc1-c1ccccc1C(F)(F)F. The van der Waals surface area contributed by atoms with E-state index < -0.39 is 19.1 Å². The third-order valence-electron chi connectivity index (χ3n) is 2.63. The molecule has 0 aromatic heterocycles. The fraction of sp³-hybridized carbons (Fsp3) is 0.0769. The minimum atomic E-state index is -4.54. The lowest BCUT2D eigenvalue weighted by Gasteiger charge is -2.28. The molecule has 2 aromatic rings. The van der Waals surface area contributed by atoms with Gasteiger partial charge in [-0.2, -0.15) is 13.2 Å². The molecule has 0 radical (unpaired) electrons. The van der Waals surface area contributed by atoms with E-state index in [-0.39, 0.29) is 16.9 Å². The van der Waals surface area contributed by atoms with Crippen LogP contribution in [-0.2, 0) is 6.18 Å². The van der Waals surface area contributed by atoms with Gasteiger partial charge in [0.25, 0.3) is 0 Å². The van der Waals surface area contributed by atoms with Gasteiger partial charge in [-0.25, -0.2) is 0 Å². The standard InChI is InChI=1S/C13H8BF3O3/c15-13(16,17)11-7-3-1-5-9(11)10-6-2-4-8-12(10)20-14(18)19/h1-8H/q-2. The monoisotopic (exact) mass is 280 g/mol. The van der Waals surface area contributed by atoms with Crippen molar-refractivity contribution in [2.45, 2.75) is 6.18 Å². The van der Waals surface area contributed by atoms with Crippen LogP contribution in [-0.4, -0.2) is 7.32 Å². The van der Waals surface area contributed by atoms with Crippen molar-refractivity contribution in [1.82, 2.24) is 0 Å². The van der Waals surface area contributed by atoms with Crippen molar-refractivity contribution in [2.24, 2.45) is 0 Å². The second-order valence-electron chi connectivity index (χ2n) is 3.95. The first-order valence-corrected chi connectivity index (χ1v) is 5.63. The molecular weight excluding hydrogens is 272 g/mol. The summed E-state index contributed by atoms with van der Waals surface area (Å²) in [5, 5.41) is 21.1. The van der Waals surface area contributed by atoms with Gasteiger partial charge in [0.15, 0.2) is 0 Å². The Hall–Kier alpha value is -1.99. The van der Waals surface area contributed by atoms with E-state index in [0.29, 0.717) is 0 Å². The fourth-order valence-corrected chi connectivity index (χ4v) is 1.86. The molecule has 0 spiro atoms. The summed E-state index contributed by atoms with van der Waals surface area (Å²) in [4.78, 5) is 0. The molecule has 0 aliphatic rings. The third kappa shape index (κ3) is 3.12. The number of para-hydroxylation sites is 1. The minimum absolute atomic E-state index is 0.0529. The fourth-order valence-electron chi connectivity index (χ4n) is 1.86. The summed E-state index contributed by atoms with van der Waals surface area (Å²) in [7, 11) is -2.60. The molecule has 0 saturated carbocycles. The van der Waals surface area contributed by atoms with E-state index in [1.54, 1.807) is 0 Å². The summed E-state index contributed by atoms with van der Waals surface area (Å²) >= 11 is 0. The second kappa shape index (κ2) is 5.56. The zero-order valence-corrected chi connectivity index (χ0v) is 10.1. The maximum atomic E-state index is 13.0. The van der Waals surface area contributed by atoms with Crippen molar-refractivity contribution in [3.63, 3.8) is 0 Å². The van der Waals surface area contributed by atoms with Crippen LogP contribution < -0.4 is 14.7 Å². The van der Waals surface area contributed by atoms with E-state index in [1.165, 1.54) is 42.5 Å². The van der Waals surface area contributed by atoms with Gasteiger partial charge in [0, 0.05) is 5.56 Å². The Morgan fingerprint density at radius 2 is 1.40 bits per heavy atom. The molecule has 7 heteroatoms. The molecule has 0 saturated heterocycles. The molecule has 0 N–H and O–H groups in total. The average molecular weight is 280 g/mol. The van der Waals surface area contributed by atoms with Crippen LogP contribution in [0.15, 0.2) is 48.5 Å². The smallest absolute Gasteiger partial charge is 0.417 e. The van der Waals surface area contributed by atoms with E-state index in [0.717, 1.165) is 6.07 Å². The molecule has 3 nitrogen and oxygen atoms in total. The first kappa shape index (κ1) is 14.4. The van der Waals surface area contributed by atoms with Crippen molar-refractivity contribution in [1.29, 1.82) is 0 Å². The zero-order valence-electron chi connectivity index (χ0n) is 10.1. The number of hydrogen-bond donors (Lipinski definition) is 0. The van der Waals surface area contributed by atoms with Crippen LogP contribution in [0.3, 0.4) is 0 Å². The minimum Gasteiger partial charge on any atom is -0.860 e. The van der Waals surface area contributed by atoms with E-state index in [1.807, 2.05) is 0 Å². The molecule has 0 aliphatic carbocycles. The van der Waals surface area contributed by atoms with Crippen molar-refractivity contribution in [2.75, 3.05) is 0 Å². The highest BCUT2D eigenvalue weighted by atomic mass is 19.4. The van der Waals surface area contributed by atoms with Gasteiger partial charge in [-0.3, -0.25) is 0 Å². The van der Waals surface area contributed by atoms with Gasteiger partial charge >= 0.3 is 6.18 Å². The van der Waals surface area contributed by atoms with Gasteiger partial charge < -0.3 is 14.7 Å². The lowest BCUT2D eigenvalue weighted by atomic mass is 9.98. The van der Waals surface area contributed by atoms with Gasteiger partial charge in [-0.1, -0.05) is 36.4 Å². The normalized spacial score (nSPS) is 11.2. The average Bonchev–Trinajstić information content (AvgIpc) is 2.38. The maximum absolute atomic E-state index is 13.0. The van der Waals surface area contributed by atoms with Crippen LogP contribution in [0, 0.1) is 0 Å². The zero-order chi connectivity index (χ0) is 14.8. The molecule has 0 fully saturated rings. The first-order valence-electron chi connectivity index (χ1n) is 5.63. The molecule has 2 aromatic carbocycles. The highest BCUT2D eigenvalue weighted by molar-refractivity contribution is 6.29. The Balaban J connectivity index is 2.58. The molecule has 0 amide bonds. The summed E-state index contributed by atoms with van der Waals surface area (Å²) in [6.07, 6.45) is -4.54. The number of halogens is 3. The highest BCUT2D eigenvalue weighted by Crippen LogP contribution is 2.39.